The first-order valence-corrected chi connectivity index (χ1v) is 3.22. The zero-order chi connectivity index (χ0) is 9.30. The number of benzene rings is 1. The summed E-state index contributed by atoms with van der Waals surface area (Å²) in [5, 5.41) is 8.46. The summed E-state index contributed by atoms with van der Waals surface area (Å²) in [5.41, 5.74) is -0.392. The monoisotopic (exact) mass is 172 g/mol. The number of carboxylic acid groups (broad SMARTS) is 1. The van der Waals surface area contributed by atoms with Crippen LogP contribution in [0.15, 0.2) is 12.1 Å². The summed E-state index contributed by atoms with van der Waals surface area (Å²) in [6.07, 6.45) is 0. The molecule has 0 bridgehead atoms. The van der Waals surface area contributed by atoms with Gasteiger partial charge in [0, 0.05) is 0 Å². The van der Waals surface area contributed by atoms with Crippen LogP contribution >= 0.6 is 0 Å². The van der Waals surface area contributed by atoms with Crippen molar-refractivity contribution in [2.75, 3.05) is 0 Å². The molecule has 4 heteroatoms. The molecular formula is C8H6F2O2. The Labute approximate surface area is 67.4 Å². The van der Waals surface area contributed by atoms with Gasteiger partial charge >= 0.3 is 5.97 Å². The fraction of sp³-hybridized carbons (Fsp3) is 0.125. The molecule has 0 atom stereocenters. The van der Waals surface area contributed by atoms with Crippen LogP contribution in [-0.4, -0.2) is 11.1 Å². The molecule has 0 saturated heterocycles. The van der Waals surface area contributed by atoms with Crippen molar-refractivity contribution in [2.24, 2.45) is 0 Å². The lowest BCUT2D eigenvalue weighted by molar-refractivity contribution is 0.0690. The molecule has 0 aliphatic carbocycles. The highest BCUT2D eigenvalue weighted by Crippen LogP contribution is 2.15. The molecule has 0 heterocycles. The fourth-order valence-electron chi connectivity index (χ4n) is 0.910. The highest BCUT2D eigenvalue weighted by atomic mass is 19.2. The molecule has 12 heavy (non-hydrogen) atoms. The fourth-order valence-corrected chi connectivity index (χ4v) is 0.910. The molecule has 0 aliphatic rings. The molecule has 0 saturated carbocycles. The van der Waals surface area contributed by atoms with E-state index >= 15 is 0 Å². The van der Waals surface area contributed by atoms with Gasteiger partial charge in [0.15, 0.2) is 11.6 Å². The molecule has 2 nitrogen and oxygen atoms in total. The topological polar surface area (TPSA) is 37.3 Å². The second-order valence-electron chi connectivity index (χ2n) is 2.36. The van der Waals surface area contributed by atoms with Gasteiger partial charge in [0.25, 0.3) is 0 Å². The molecule has 0 aromatic heterocycles. The largest absolute Gasteiger partial charge is 0.478 e. The summed E-state index contributed by atoms with van der Waals surface area (Å²) < 4.78 is 25.2. The van der Waals surface area contributed by atoms with Gasteiger partial charge in [-0.2, -0.15) is 0 Å². The van der Waals surface area contributed by atoms with Crippen molar-refractivity contribution in [3.8, 4) is 0 Å². The van der Waals surface area contributed by atoms with Crippen LogP contribution in [0.25, 0.3) is 0 Å². The standard InChI is InChI=1S/C8H6F2O2/c1-4-2-3-5(9)7(10)6(4)8(11)12/h2-3H,1H3,(H,11,12). The first-order chi connectivity index (χ1) is 5.54. The number of aryl methyl sites for hydroxylation is 1. The van der Waals surface area contributed by atoms with Gasteiger partial charge in [0.05, 0.1) is 0 Å². The first kappa shape index (κ1) is 8.64. The third-order valence-corrected chi connectivity index (χ3v) is 1.52. The number of rotatable bonds is 1. The normalized spacial score (nSPS) is 9.92. The lowest BCUT2D eigenvalue weighted by Gasteiger charge is -2.01. The van der Waals surface area contributed by atoms with E-state index in [2.05, 4.69) is 0 Å². The van der Waals surface area contributed by atoms with Crippen molar-refractivity contribution < 1.29 is 18.7 Å². The molecule has 1 aromatic rings. The van der Waals surface area contributed by atoms with Crippen LogP contribution in [-0.2, 0) is 0 Å². The summed E-state index contributed by atoms with van der Waals surface area (Å²) in [6.45, 7) is 1.41. The molecule has 1 aromatic carbocycles. The summed E-state index contributed by atoms with van der Waals surface area (Å²) in [5.74, 6) is -3.90. The zero-order valence-electron chi connectivity index (χ0n) is 6.27. The summed E-state index contributed by atoms with van der Waals surface area (Å²) in [7, 11) is 0. The predicted octanol–water partition coefficient (Wildman–Crippen LogP) is 1.97. The Kier molecular flexibility index (Phi) is 2.08. The lowest BCUT2D eigenvalue weighted by Crippen LogP contribution is -2.05. The maximum absolute atomic E-state index is 12.8. The Hall–Kier alpha value is -1.45. The number of aromatic carboxylic acids is 1. The number of carboxylic acids is 1. The minimum absolute atomic E-state index is 0.210. The molecule has 0 aliphatic heterocycles. The SMILES string of the molecule is Cc1ccc(F)c(F)c1C(=O)O. The predicted molar refractivity (Wildman–Crippen MR) is 38.1 cm³/mol. The van der Waals surface area contributed by atoms with E-state index < -0.39 is 23.2 Å². The van der Waals surface area contributed by atoms with Crippen molar-refractivity contribution in [2.45, 2.75) is 6.92 Å². The quantitative estimate of drug-likeness (QED) is 0.703. The van der Waals surface area contributed by atoms with Crippen LogP contribution in [0.2, 0.25) is 0 Å². The van der Waals surface area contributed by atoms with Gasteiger partial charge in [-0.15, -0.1) is 0 Å². The second-order valence-corrected chi connectivity index (χ2v) is 2.36. The van der Waals surface area contributed by atoms with Crippen LogP contribution in [0.3, 0.4) is 0 Å². The summed E-state index contributed by atoms with van der Waals surface area (Å²) in [6, 6.07) is 2.12. The Morgan fingerprint density at radius 3 is 2.42 bits per heavy atom. The highest BCUT2D eigenvalue weighted by Gasteiger charge is 2.16. The van der Waals surface area contributed by atoms with E-state index in [4.69, 9.17) is 5.11 Å². The van der Waals surface area contributed by atoms with Gasteiger partial charge in [0.2, 0.25) is 0 Å². The van der Waals surface area contributed by atoms with Crippen LogP contribution in [0.5, 0.6) is 0 Å². The molecule has 0 fully saturated rings. The molecular weight excluding hydrogens is 166 g/mol. The second kappa shape index (κ2) is 2.89. The van der Waals surface area contributed by atoms with Gasteiger partial charge in [-0.25, -0.2) is 13.6 Å². The van der Waals surface area contributed by atoms with Gasteiger partial charge in [0.1, 0.15) is 5.56 Å². The van der Waals surface area contributed by atoms with Gasteiger partial charge in [-0.1, -0.05) is 6.07 Å². The van der Waals surface area contributed by atoms with Gasteiger partial charge in [-0.3, -0.25) is 0 Å². The Bertz CT molecular complexity index is 334. The summed E-state index contributed by atoms with van der Waals surface area (Å²) >= 11 is 0. The molecule has 1 N–H and O–H groups in total. The maximum Gasteiger partial charge on any atom is 0.339 e. The van der Waals surface area contributed by atoms with Crippen LogP contribution < -0.4 is 0 Å². The molecule has 0 radical (unpaired) electrons. The van der Waals surface area contributed by atoms with Crippen LogP contribution in [0.4, 0.5) is 8.78 Å². The lowest BCUT2D eigenvalue weighted by atomic mass is 10.1. The Morgan fingerprint density at radius 1 is 1.42 bits per heavy atom. The molecule has 64 valence electrons. The van der Waals surface area contributed by atoms with E-state index in [-0.39, 0.29) is 5.56 Å². The van der Waals surface area contributed by atoms with E-state index in [9.17, 15) is 13.6 Å². The third-order valence-electron chi connectivity index (χ3n) is 1.52. The smallest absolute Gasteiger partial charge is 0.339 e. The number of carbonyl (C=O) groups is 1. The van der Waals surface area contributed by atoms with Crippen molar-refractivity contribution >= 4 is 5.97 Å². The Morgan fingerprint density at radius 2 is 2.00 bits per heavy atom. The molecule has 0 unspecified atom stereocenters. The van der Waals surface area contributed by atoms with Crippen molar-refractivity contribution in [1.82, 2.24) is 0 Å². The average Bonchev–Trinajstić information content (AvgIpc) is 1.97. The highest BCUT2D eigenvalue weighted by molar-refractivity contribution is 5.89. The maximum atomic E-state index is 12.8. The van der Waals surface area contributed by atoms with E-state index in [0.717, 1.165) is 6.07 Å². The van der Waals surface area contributed by atoms with Gasteiger partial charge in [-0.05, 0) is 18.6 Å². The number of halogens is 2. The molecule has 0 amide bonds. The van der Waals surface area contributed by atoms with Crippen molar-refractivity contribution in [1.29, 1.82) is 0 Å². The molecule has 0 spiro atoms. The van der Waals surface area contributed by atoms with Crippen LogP contribution in [0, 0.1) is 18.6 Å². The third kappa shape index (κ3) is 1.28. The number of hydrogen-bond acceptors (Lipinski definition) is 1. The van der Waals surface area contributed by atoms with E-state index in [1.165, 1.54) is 13.0 Å². The minimum Gasteiger partial charge on any atom is -0.478 e. The Balaban J connectivity index is 3.43. The number of hydrogen-bond donors (Lipinski definition) is 1. The zero-order valence-corrected chi connectivity index (χ0v) is 6.27. The van der Waals surface area contributed by atoms with Gasteiger partial charge < -0.3 is 5.11 Å². The van der Waals surface area contributed by atoms with Crippen LogP contribution in [0.1, 0.15) is 15.9 Å². The minimum atomic E-state index is -1.45. The van der Waals surface area contributed by atoms with Crippen molar-refractivity contribution in [3.05, 3.63) is 34.9 Å². The first-order valence-electron chi connectivity index (χ1n) is 3.22. The van der Waals surface area contributed by atoms with E-state index in [1.807, 2.05) is 0 Å². The van der Waals surface area contributed by atoms with E-state index in [0.29, 0.717) is 0 Å². The summed E-state index contributed by atoms with van der Waals surface area (Å²) in [4.78, 5) is 10.4. The van der Waals surface area contributed by atoms with Crippen molar-refractivity contribution in [3.63, 3.8) is 0 Å². The average molecular weight is 172 g/mol. The molecule has 1 rings (SSSR count). The van der Waals surface area contributed by atoms with E-state index in [1.54, 1.807) is 0 Å².